The Morgan fingerprint density at radius 3 is 3.00 bits per heavy atom. The summed E-state index contributed by atoms with van der Waals surface area (Å²) in [5.41, 5.74) is 7.56. The van der Waals surface area contributed by atoms with Gasteiger partial charge in [-0.1, -0.05) is 18.2 Å². The van der Waals surface area contributed by atoms with Crippen LogP contribution >= 0.6 is 0 Å². The smallest absolute Gasteiger partial charge is 0.130 e. The van der Waals surface area contributed by atoms with Gasteiger partial charge in [0.05, 0.1) is 17.1 Å². The molecule has 1 fully saturated rings. The Morgan fingerprint density at radius 1 is 1.37 bits per heavy atom. The molecule has 0 bridgehead atoms. The van der Waals surface area contributed by atoms with Crippen molar-refractivity contribution in [1.82, 2.24) is 4.98 Å². The first-order valence-corrected chi connectivity index (χ1v) is 6.58. The third-order valence-electron chi connectivity index (χ3n) is 3.60. The van der Waals surface area contributed by atoms with Crippen molar-refractivity contribution >= 4 is 16.7 Å². The van der Waals surface area contributed by atoms with E-state index in [1.807, 2.05) is 30.3 Å². The largest absolute Gasteiger partial charge is 0.355 e. The number of fused-ring (bicyclic) bond motifs is 1. The fourth-order valence-corrected chi connectivity index (χ4v) is 2.63. The van der Waals surface area contributed by atoms with E-state index in [1.54, 1.807) is 0 Å². The summed E-state index contributed by atoms with van der Waals surface area (Å²) in [4.78, 5) is 6.84. The molecule has 1 aromatic heterocycles. The summed E-state index contributed by atoms with van der Waals surface area (Å²) in [6.07, 6.45) is 2.15. The summed E-state index contributed by atoms with van der Waals surface area (Å²) >= 11 is 0. The van der Waals surface area contributed by atoms with Crippen LogP contribution in [0.25, 0.3) is 10.9 Å². The van der Waals surface area contributed by atoms with Crippen LogP contribution in [0.4, 0.5) is 5.82 Å². The van der Waals surface area contributed by atoms with Gasteiger partial charge >= 0.3 is 0 Å². The average Bonchev–Trinajstić information content (AvgIpc) is 2.46. The van der Waals surface area contributed by atoms with Crippen LogP contribution in [-0.2, 0) is 0 Å². The van der Waals surface area contributed by atoms with Crippen molar-refractivity contribution in [3.63, 3.8) is 0 Å². The number of pyridine rings is 1. The number of hydrogen-bond donors (Lipinski definition) is 1. The Bertz CT molecular complexity index is 644. The van der Waals surface area contributed by atoms with Crippen LogP contribution in [0.2, 0.25) is 0 Å². The van der Waals surface area contributed by atoms with Crippen LogP contribution in [0.3, 0.4) is 0 Å². The van der Waals surface area contributed by atoms with E-state index in [0.717, 1.165) is 42.7 Å². The van der Waals surface area contributed by atoms with Gasteiger partial charge in [0.15, 0.2) is 0 Å². The SMILES string of the molecule is N#Cc1cc(N2CCCC(N)C2)nc2ccccc12. The minimum absolute atomic E-state index is 0.201. The van der Waals surface area contributed by atoms with Gasteiger partial charge in [0.1, 0.15) is 5.82 Å². The van der Waals surface area contributed by atoms with Crippen LogP contribution in [-0.4, -0.2) is 24.1 Å². The molecule has 0 amide bonds. The van der Waals surface area contributed by atoms with Crippen molar-refractivity contribution in [2.45, 2.75) is 18.9 Å². The maximum absolute atomic E-state index is 9.29. The molecule has 0 aliphatic carbocycles. The maximum atomic E-state index is 9.29. The number of anilines is 1. The minimum Gasteiger partial charge on any atom is -0.355 e. The third kappa shape index (κ3) is 2.25. The van der Waals surface area contributed by atoms with Crippen LogP contribution in [0.15, 0.2) is 30.3 Å². The number of nitrogens with zero attached hydrogens (tertiary/aromatic N) is 3. The molecule has 1 aliphatic rings. The van der Waals surface area contributed by atoms with E-state index < -0.39 is 0 Å². The lowest BCUT2D eigenvalue weighted by Gasteiger charge is -2.31. The predicted octanol–water partition coefficient (Wildman–Crippen LogP) is 2.03. The zero-order chi connectivity index (χ0) is 13.2. The van der Waals surface area contributed by atoms with Crippen molar-refractivity contribution in [2.75, 3.05) is 18.0 Å². The van der Waals surface area contributed by atoms with E-state index in [1.165, 1.54) is 0 Å². The summed E-state index contributed by atoms with van der Waals surface area (Å²) in [6.45, 7) is 1.78. The zero-order valence-electron chi connectivity index (χ0n) is 10.7. The van der Waals surface area contributed by atoms with Gasteiger partial charge in [-0.3, -0.25) is 0 Å². The van der Waals surface area contributed by atoms with Crippen molar-refractivity contribution < 1.29 is 0 Å². The molecular weight excluding hydrogens is 236 g/mol. The number of piperidine rings is 1. The summed E-state index contributed by atoms with van der Waals surface area (Å²) in [6, 6.07) is 12.1. The standard InChI is InChI=1S/C15H16N4/c16-9-11-8-15(19-7-3-4-12(17)10-19)18-14-6-2-1-5-13(11)14/h1-2,5-6,8,12H,3-4,7,10,17H2. The van der Waals surface area contributed by atoms with Gasteiger partial charge in [0.2, 0.25) is 0 Å². The van der Waals surface area contributed by atoms with Gasteiger partial charge in [-0.05, 0) is 25.0 Å². The molecule has 3 rings (SSSR count). The van der Waals surface area contributed by atoms with E-state index in [2.05, 4.69) is 16.0 Å². The molecule has 1 aliphatic heterocycles. The normalized spacial score (nSPS) is 19.4. The highest BCUT2D eigenvalue weighted by atomic mass is 15.2. The number of para-hydroxylation sites is 1. The number of benzene rings is 1. The van der Waals surface area contributed by atoms with Crippen LogP contribution in [0, 0.1) is 11.3 Å². The van der Waals surface area contributed by atoms with Gasteiger partial charge in [-0.15, -0.1) is 0 Å². The first-order valence-electron chi connectivity index (χ1n) is 6.58. The molecule has 2 heterocycles. The zero-order valence-corrected chi connectivity index (χ0v) is 10.7. The highest BCUT2D eigenvalue weighted by Gasteiger charge is 2.19. The molecule has 4 nitrogen and oxygen atoms in total. The molecule has 96 valence electrons. The molecule has 1 saturated heterocycles. The molecule has 2 N–H and O–H groups in total. The van der Waals surface area contributed by atoms with Gasteiger partial charge in [-0.25, -0.2) is 4.98 Å². The summed E-state index contributed by atoms with van der Waals surface area (Å²) in [7, 11) is 0. The minimum atomic E-state index is 0.201. The van der Waals surface area contributed by atoms with Crippen molar-refractivity contribution in [3.8, 4) is 6.07 Å². The first kappa shape index (κ1) is 11.9. The van der Waals surface area contributed by atoms with E-state index in [4.69, 9.17) is 5.73 Å². The van der Waals surface area contributed by atoms with Crippen molar-refractivity contribution in [1.29, 1.82) is 5.26 Å². The monoisotopic (exact) mass is 252 g/mol. The summed E-state index contributed by atoms with van der Waals surface area (Å²) in [5.74, 6) is 0.866. The van der Waals surface area contributed by atoms with E-state index in [9.17, 15) is 5.26 Å². The second-order valence-corrected chi connectivity index (χ2v) is 5.01. The number of nitrogens with two attached hydrogens (primary N) is 1. The van der Waals surface area contributed by atoms with Crippen LogP contribution in [0.1, 0.15) is 18.4 Å². The van der Waals surface area contributed by atoms with E-state index >= 15 is 0 Å². The lowest BCUT2D eigenvalue weighted by atomic mass is 10.1. The third-order valence-corrected chi connectivity index (χ3v) is 3.60. The predicted molar refractivity (Wildman–Crippen MR) is 75.9 cm³/mol. The number of nitriles is 1. The fraction of sp³-hybridized carbons (Fsp3) is 0.333. The topological polar surface area (TPSA) is 65.9 Å². The van der Waals surface area contributed by atoms with Crippen molar-refractivity contribution in [3.05, 3.63) is 35.9 Å². The fourth-order valence-electron chi connectivity index (χ4n) is 2.63. The molecule has 0 radical (unpaired) electrons. The highest BCUT2D eigenvalue weighted by molar-refractivity contribution is 5.86. The molecule has 1 unspecified atom stereocenters. The molecule has 1 atom stereocenters. The van der Waals surface area contributed by atoms with Gasteiger partial charge in [0.25, 0.3) is 0 Å². The lowest BCUT2D eigenvalue weighted by molar-refractivity contribution is 0.503. The Hall–Kier alpha value is -2.12. The molecule has 19 heavy (non-hydrogen) atoms. The molecular formula is C15H16N4. The number of rotatable bonds is 1. The molecule has 0 saturated carbocycles. The summed E-state index contributed by atoms with van der Waals surface area (Å²) in [5, 5.41) is 10.2. The Kier molecular flexibility index (Phi) is 3.06. The maximum Gasteiger partial charge on any atom is 0.130 e. The molecule has 2 aromatic rings. The Labute approximate surface area is 112 Å². The second-order valence-electron chi connectivity index (χ2n) is 5.01. The van der Waals surface area contributed by atoms with Gasteiger partial charge in [0, 0.05) is 24.5 Å². The Morgan fingerprint density at radius 2 is 2.21 bits per heavy atom. The first-order chi connectivity index (χ1) is 9.28. The highest BCUT2D eigenvalue weighted by Crippen LogP contribution is 2.24. The number of aromatic nitrogens is 1. The molecule has 1 aromatic carbocycles. The molecule has 0 spiro atoms. The Balaban J connectivity index is 2.07. The van der Waals surface area contributed by atoms with Gasteiger partial charge < -0.3 is 10.6 Å². The quantitative estimate of drug-likeness (QED) is 0.843. The van der Waals surface area contributed by atoms with Crippen LogP contribution < -0.4 is 10.6 Å². The lowest BCUT2D eigenvalue weighted by Crippen LogP contribution is -2.43. The van der Waals surface area contributed by atoms with Gasteiger partial charge in [-0.2, -0.15) is 5.26 Å². The van der Waals surface area contributed by atoms with Crippen LogP contribution in [0.5, 0.6) is 0 Å². The van der Waals surface area contributed by atoms with E-state index in [-0.39, 0.29) is 6.04 Å². The van der Waals surface area contributed by atoms with Crippen molar-refractivity contribution in [2.24, 2.45) is 5.73 Å². The number of hydrogen-bond acceptors (Lipinski definition) is 4. The second kappa shape index (κ2) is 4.87. The summed E-state index contributed by atoms with van der Waals surface area (Å²) < 4.78 is 0. The average molecular weight is 252 g/mol. The van der Waals surface area contributed by atoms with E-state index in [0.29, 0.717) is 5.56 Å². The molecule has 4 heteroatoms.